The smallest absolute Gasteiger partial charge is 0.0632 e. The molecule has 4 fully saturated rings. The van der Waals surface area contributed by atoms with E-state index >= 15 is 0 Å². The standard InChI is InChI=1S/C19H35NO/c1-5-18(3,4)21-13-17(20-6-2)19-10-14-7-15(11-19)9-16(8-14)12-19/h14-17,20H,5-13H2,1-4H3. The molecule has 0 amide bonds. The highest BCUT2D eigenvalue weighted by Gasteiger charge is 2.54. The van der Waals surface area contributed by atoms with Crippen molar-refractivity contribution in [3.63, 3.8) is 0 Å². The molecule has 4 saturated carbocycles. The number of likely N-dealkylation sites (N-methyl/N-ethyl adjacent to an activating group) is 1. The molecule has 4 aliphatic carbocycles. The van der Waals surface area contributed by atoms with Crippen LogP contribution in [0, 0.1) is 23.2 Å². The van der Waals surface area contributed by atoms with E-state index < -0.39 is 0 Å². The maximum atomic E-state index is 6.32. The van der Waals surface area contributed by atoms with Gasteiger partial charge in [-0.2, -0.15) is 0 Å². The van der Waals surface area contributed by atoms with Crippen LogP contribution in [0.25, 0.3) is 0 Å². The minimum absolute atomic E-state index is 0.0238. The van der Waals surface area contributed by atoms with E-state index in [-0.39, 0.29) is 5.60 Å². The van der Waals surface area contributed by atoms with E-state index in [4.69, 9.17) is 4.74 Å². The number of hydrogen-bond acceptors (Lipinski definition) is 2. The normalized spacial score (nSPS) is 39.7. The van der Waals surface area contributed by atoms with Crippen molar-refractivity contribution in [2.24, 2.45) is 23.2 Å². The summed E-state index contributed by atoms with van der Waals surface area (Å²) in [6.45, 7) is 10.9. The van der Waals surface area contributed by atoms with Gasteiger partial charge in [-0.15, -0.1) is 0 Å². The van der Waals surface area contributed by atoms with E-state index in [1.54, 1.807) is 0 Å². The van der Waals surface area contributed by atoms with Crippen molar-refractivity contribution in [1.82, 2.24) is 5.32 Å². The lowest BCUT2D eigenvalue weighted by Gasteiger charge is -2.59. The highest BCUT2D eigenvalue weighted by molar-refractivity contribution is 5.06. The van der Waals surface area contributed by atoms with Crippen molar-refractivity contribution in [3.05, 3.63) is 0 Å². The van der Waals surface area contributed by atoms with Gasteiger partial charge < -0.3 is 10.1 Å². The van der Waals surface area contributed by atoms with E-state index in [1.165, 1.54) is 38.5 Å². The molecule has 122 valence electrons. The second-order valence-corrected chi connectivity index (χ2v) is 8.81. The lowest BCUT2D eigenvalue weighted by molar-refractivity contribution is -0.109. The molecule has 0 aromatic heterocycles. The summed E-state index contributed by atoms with van der Waals surface area (Å²) in [5.74, 6) is 3.07. The van der Waals surface area contributed by atoms with Crippen LogP contribution < -0.4 is 5.32 Å². The van der Waals surface area contributed by atoms with Gasteiger partial charge in [0.2, 0.25) is 0 Å². The first kappa shape index (κ1) is 15.8. The van der Waals surface area contributed by atoms with Crippen LogP contribution in [-0.2, 0) is 4.74 Å². The van der Waals surface area contributed by atoms with Gasteiger partial charge in [0.25, 0.3) is 0 Å². The van der Waals surface area contributed by atoms with Crippen molar-refractivity contribution < 1.29 is 4.74 Å². The summed E-state index contributed by atoms with van der Waals surface area (Å²) < 4.78 is 6.32. The van der Waals surface area contributed by atoms with Gasteiger partial charge in [0.15, 0.2) is 0 Å². The number of rotatable bonds is 7. The molecule has 0 aromatic rings. The van der Waals surface area contributed by atoms with E-state index in [2.05, 4.69) is 33.0 Å². The molecule has 2 nitrogen and oxygen atoms in total. The van der Waals surface area contributed by atoms with Crippen LogP contribution in [0.3, 0.4) is 0 Å². The third-order valence-electron chi connectivity index (χ3n) is 6.77. The fraction of sp³-hybridized carbons (Fsp3) is 1.00. The van der Waals surface area contributed by atoms with Gasteiger partial charge >= 0.3 is 0 Å². The van der Waals surface area contributed by atoms with E-state index in [0.29, 0.717) is 11.5 Å². The highest BCUT2D eigenvalue weighted by Crippen LogP contribution is 2.61. The Morgan fingerprint density at radius 3 is 2.00 bits per heavy atom. The van der Waals surface area contributed by atoms with Crippen molar-refractivity contribution >= 4 is 0 Å². The van der Waals surface area contributed by atoms with Crippen molar-refractivity contribution in [2.45, 2.75) is 84.3 Å². The van der Waals surface area contributed by atoms with Crippen LogP contribution in [0.15, 0.2) is 0 Å². The number of hydrogen-bond donors (Lipinski definition) is 1. The topological polar surface area (TPSA) is 21.3 Å². The molecule has 4 rings (SSSR count). The summed E-state index contributed by atoms with van der Waals surface area (Å²) in [7, 11) is 0. The van der Waals surface area contributed by atoms with Gasteiger partial charge in [-0.25, -0.2) is 0 Å². The fourth-order valence-electron chi connectivity index (χ4n) is 5.71. The molecule has 0 aliphatic heterocycles. The lowest BCUT2D eigenvalue weighted by atomic mass is 9.47. The molecule has 1 N–H and O–H groups in total. The first-order valence-electron chi connectivity index (χ1n) is 9.33. The van der Waals surface area contributed by atoms with E-state index in [9.17, 15) is 0 Å². The Balaban J connectivity index is 1.71. The van der Waals surface area contributed by atoms with Crippen molar-refractivity contribution in [3.8, 4) is 0 Å². The predicted molar refractivity (Wildman–Crippen MR) is 88.4 cm³/mol. The maximum absolute atomic E-state index is 6.32. The van der Waals surface area contributed by atoms with Gasteiger partial charge in [0, 0.05) is 6.04 Å². The molecule has 0 spiro atoms. The van der Waals surface area contributed by atoms with E-state index in [0.717, 1.165) is 37.3 Å². The summed E-state index contributed by atoms with van der Waals surface area (Å²) in [5.41, 5.74) is 0.574. The van der Waals surface area contributed by atoms with Crippen LogP contribution in [0.5, 0.6) is 0 Å². The molecular formula is C19H35NO. The molecule has 0 radical (unpaired) electrons. The van der Waals surface area contributed by atoms with Crippen LogP contribution in [-0.4, -0.2) is 24.8 Å². The molecular weight excluding hydrogens is 258 g/mol. The Morgan fingerprint density at radius 1 is 1.05 bits per heavy atom. The zero-order chi connectivity index (χ0) is 15.1. The minimum atomic E-state index is 0.0238. The molecule has 1 unspecified atom stereocenters. The Kier molecular flexibility index (Phi) is 4.40. The summed E-state index contributed by atoms with van der Waals surface area (Å²) in [4.78, 5) is 0. The second-order valence-electron chi connectivity index (χ2n) is 8.81. The molecule has 21 heavy (non-hydrogen) atoms. The zero-order valence-electron chi connectivity index (χ0n) is 14.6. The Morgan fingerprint density at radius 2 is 1.57 bits per heavy atom. The third-order valence-corrected chi connectivity index (χ3v) is 6.77. The average Bonchev–Trinajstić information content (AvgIpc) is 2.42. The molecule has 0 aromatic carbocycles. The Bertz CT molecular complexity index is 327. The second kappa shape index (κ2) is 5.85. The molecule has 2 heteroatoms. The molecule has 4 bridgehead atoms. The van der Waals surface area contributed by atoms with Crippen LogP contribution in [0.2, 0.25) is 0 Å². The van der Waals surface area contributed by atoms with Gasteiger partial charge in [-0.1, -0.05) is 13.8 Å². The quantitative estimate of drug-likeness (QED) is 0.752. The predicted octanol–water partition coefficient (Wildman–Crippen LogP) is 4.39. The molecule has 4 aliphatic rings. The van der Waals surface area contributed by atoms with Crippen molar-refractivity contribution in [1.29, 1.82) is 0 Å². The van der Waals surface area contributed by atoms with Crippen LogP contribution in [0.4, 0.5) is 0 Å². The summed E-state index contributed by atoms with van der Waals surface area (Å²) in [6, 6.07) is 0.571. The van der Waals surface area contributed by atoms with Crippen molar-refractivity contribution in [2.75, 3.05) is 13.2 Å². The maximum Gasteiger partial charge on any atom is 0.0632 e. The van der Waals surface area contributed by atoms with Gasteiger partial charge in [-0.3, -0.25) is 0 Å². The van der Waals surface area contributed by atoms with Crippen LogP contribution in [0.1, 0.15) is 72.6 Å². The molecule has 0 heterocycles. The minimum Gasteiger partial charge on any atom is -0.374 e. The zero-order valence-corrected chi connectivity index (χ0v) is 14.6. The third kappa shape index (κ3) is 3.17. The summed E-state index contributed by atoms with van der Waals surface area (Å²) in [6.07, 6.45) is 10.1. The number of ether oxygens (including phenoxy) is 1. The summed E-state index contributed by atoms with van der Waals surface area (Å²) in [5, 5.41) is 3.81. The number of nitrogens with one attached hydrogen (secondary N) is 1. The average molecular weight is 293 g/mol. The van der Waals surface area contributed by atoms with Gasteiger partial charge in [0.1, 0.15) is 0 Å². The van der Waals surface area contributed by atoms with E-state index in [1.807, 2.05) is 0 Å². The Hall–Kier alpha value is -0.0800. The fourth-order valence-corrected chi connectivity index (χ4v) is 5.71. The first-order valence-corrected chi connectivity index (χ1v) is 9.33. The molecule has 1 atom stereocenters. The van der Waals surface area contributed by atoms with Gasteiger partial charge in [-0.05, 0) is 88.5 Å². The largest absolute Gasteiger partial charge is 0.374 e. The molecule has 0 saturated heterocycles. The van der Waals surface area contributed by atoms with Gasteiger partial charge in [0.05, 0.1) is 12.2 Å². The van der Waals surface area contributed by atoms with Crippen LogP contribution >= 0.6 is 0 Å². The lowest BCUT2D eigenvalue weighted by Crippen LogP contribution is -2.58. The first-order chi connectivity index (χ1) is 9.96. The SMILES string of the molecule is CCNC(COC(C)(C)CC)C12CC3CC(CC(C3)C1)C2. The Labute approximate surface area is 131 Å². The summed E-state index contributed by atoms with van der Waals surface area (Å²) >= 11 is 0. The monoisotopic (exact) mass is 293 g/mol. The highest BCUT2D eigenvalue weighted by atomic mass is 16.5.